The maximum absolute atomic E-state index is 6.00. The molecular weight excluding hydrogens is 170 g/mol. The lowest BCUT2D eigenvalue weighted by molar-refractivity contribution is 0.782. The molecule has 66 valence electrons. The molecule has 0 bridgehead atoms. The predicted molar refractivity (Wildman–Crippen MR) is 53.6 cm³/mol. The second-order valence-electron chi connectivity index (χ2n) is 2.99. The fraction of sp³-hybridized carbons (Fsp3) is 0.400. The van der Waals surface area contributed by atoms with Crippen molar-refractivity contribution in [2.75, 3.05) is 7.05 Å². The quantitative estimate of drug-likeness (QED) is 0.549. The summed E-state index contributed by atoms with van der Waals surface area (Å²) in [5.74, 6) is 0. The van der Waals surface area contributed by atoms with Gasteiger partial charge >= 0.3 is 0 Å². The third-order valence-electron chi connectivity index (χ3n) is 2.08. The van der Waals surface area contributed by atoms with Gasteiger partial charge in [0.2, 0.25) is 0 Å². The Balaban J connectivity index is 2.96. The largest absolute Gasteiger partial charge is 0.301 e. The molecule has 0 heterocycles. The molecule has 0 aliphatic carbocycles. The van der Waals surface area contributed by atoms with Crippen molar-refractivity contribution >= 4 is 11.6 Å². The van der Waals surface area contributed by atoms with Crippen LogP contribution < -0.4 is 5.32 Å². The summed E-state index contributed by atoms with van der Waals surface area (Å²) in [6, 6.07) is 6.26. The number of benzene rings is 1. The standard InChI is InChI=1S/C10H14ClN/c1-7-4-5-9(6-8(7)2)10(11)12-3/h4-6,10,12H,1-3H3. The molecule has 1 rings (SSSR count). The van der Waals surface area contributed by atoms with Crippen LogP contribution in [0.5, 0.6) is 0 Å². The molecule has 0 spiro atoms. The van der Waals surface area contributed by atoms with Crippen LogP contribution in [0.25, 0.3) is 0 Å². The molecule has 1 N–H and O–H groups in total. The average molecular weight is 184 g/mol. The van der Waals surface area contributed by atoms with Crippen molar-refractivity contribution in [3.63, 3.8) is 0 Å². The number of rotatable bonds is 2. The second kappa shape index (κ2) is 3.92. The van der Waals surface area contributed by atoms with Crippen LogP contribution in [0.15, 0.2) is 18.2 Å². The van der Waals surface area contributed by atoms with Crippen LogP contribution >= 0.6 is 11.6 Å². The third kappa shape index (κ3) is 1.99. The van der Waals surface area contributed by atoms with Gasteiger partial charge in [-0.05, 0) is 37.6 Å². The van der Waals surface area contributed by atoms with E-state index in [4.69, 9.17) is 11.6 Å². The summed E-state index contributed by atoms with van der Waals surface area (Å²) in [4.78, 5) is 0. The van der Waals surface area contributed by atoms with Crippen molar-refractivity contribution in [3.8, 4) is 0 Å². The highest BCUT2D eigenvalue weighted by molar-refractivity contribution is 6.20. The zero-order valence-electron chi connectivity index (χ0n) is 7.69. The summed E-state index contributed by atoms with van der Waals surface area (Å²) in [5, 5.41) is 2.99. The van der Waals surface area contributed by atoms with Gasteiger partial charge in [0.25, 0.3) is 0 Å². The van der Waals surface area contributed by atoms with Crippen LogP contribution in [0, 0.1) is 13.8 Å². The molecule has 1 aromatic carbocycles. The molecule has 0 aromatic heterocycles. The lowest BCUT2D eigenvalue weighted by Gasteiger charge is -2.09. The van der Waals surface area contributed by atoms with E-state index in [1.807, 2.05) is 7.05 Å². The highest BCUT2D eigenvalue weighted by atomic mass is 35.5. The molecule has 1 unspecified atom stereocenters. The van der Waals surface area contributed by atoms with Crippen LogP contribution in [0.4, 0.5) is 0 Å². The van der Waals surface area contributed by atoms with Gasteiger partial charge in [0.05, 0.1) is 0 Å². The molecule has 0 fully saturated rings. The molecular formula is C10H14ClN. The number of nitrogens with one attached hydrogen (secondary N) is 1. The van der Waals surface area contributed by atoms with E-state index < -0.39 is 0 Å². The molecule has 1 nitrogen and oxygen atoms in total. The van der Waals surface area contributed by atoms with Crippen molar-refractivity contribution in [2.45, 2.75) is 19.3 Å². The van der Waals surface area contributed by atoms with Gasteiger partial charge in [0.15, 0.2) is 0 Å². The van der Waals surface area contributed by atoms with E-state index in [0.717, 1.165) is 5.56 Å². The van der Waals surface area contributed by atoms with Gasteiger partial charge < -0.3 is 5.32 Å². The normalized spacial score (nSPS) is 13.0. The Hall–Kier alpha value is -0.530. The average Bonchev–Trinajstić information content (AvgIpc) is 2.08. The summed E-state index contributed by atoms with van der Waals surface area (Å²) < 4.78 is 0. The summed E-state index contributed by atoms with van der Waals surface area (Å²) >= 11 is 6.00. The number of alkyl halides is 1. The van der Waals surface area contributed by atoms with Gasteiger partial charge in [0, 0.05) is 0 Å². The lowest BCUT2D eigenvalue weighted by atomic mass is 10.1. The minimum atomic E-state index is -0.0794. The van der Waals surface area contributed by atoms with Crippen molar-refractivity contribution in [1.29, 1.82) is 0 Å². The van der Waals surface area contributed by atoms with Crippen LogP contribution in [-0.2, 0) is 0 Å². The van der Waals surface area contributed by atoms with Gasteiger partial charge in [-0.15, -0.1) is 11.6 Å². The number of aryl methyl sites for hydroxylation is 2. The molecule has 0 saturated carbocycles. The van der Waals surface area contributed by atoms with Crippen molar-refractivity contribution in [3.05, 3.63) is 34.9 Å². The van der Waals surface area contributed by atoms with E-state index in [9.17, 15) is 0 Å². The Morgan fingerprint density at radius 1 is 1.25 bits per heavy atom. The fourth-order valence-electron chi connectivity index (χ4n) is 1.09. The predicted octanol–water partition coefficient (Wildman–Crippen LogP) is 2.76. The summed E-state index contributed by atoms with van der Waals surface area (Å²) in [6.45, 7) is 4.19. The van der Waals surface area contributed by atoms with Crippen molar-refractivity contribution < 1.29 is 0 Å². The van der Waals surface area contributed by atoms with Gasteiger partial charge in [-0.2, -0.15) is 0 Å². The Labute approximate surface area is 78.7 Å². The smallest absolute Gasteiger partial charge is 0.108 e. The minimum absolute atomic E-state index is 0.0794. The maximum Gasteiger partial charge on any atom is 0.108 e. The van der Waals surface area contributed by atoms with Gasteiger partial charge in [0.1, 0.15) is 5.50 Å². The first-order chi connectivity index (χ1) is 5.65. The molecule has 0 amide bonds. The molecule has 0 radical (unpaired) electrons. The Bertz CT molecular complexity index is 271. The number of hydrogen-bond acceptors (Lipinski definition) is 1. The summed E-state index contributed by atoms with van der Waals surface area (Å²) in [7, 11) is 1.85. The highest BCUT2D eigenvalue weighted by Gasteiger charge is 2.04. The van der Waals surface area contributed by atoms with Gasteiger partial charge in [-0.1, -0.05) is 18.2 Å². The first kappa shape index (κ1) is 9.56. The maximum atomic E-state index is 6.00. The van der Waals surface area contributed by atoms with Gasteiger partial charge in [-0.25, -0.2) is 0 Å². The van der Waals surface area contributed by atoms with E-state index in [-0.39, 0.29) is 5.50 Å². The first-order valence-electron chi connectivity index (χ1n) is 4.03. The van der Waals surface area contributed by atoms with E-state index in [0.29, 0.717) is 0 Å². The Morgan fingerprint density at radius 3 is 2.42 bits per heavy atom. The first-order valence-corrected chi connectivity index (χ1v) is 4.47. The summed E-state index contributed by atoms with van der Waals surface area (Å²) in [5.41, 5.74) is 3.64. The number of hydrogen-bond donors (Lipinski definition) is 1. The fourth-order valence-corrected chi connectivity index (χ4v) is 1.22. The van der Waals surface area contributed by atoms with E-state index >= 15 is 0 Å². The van der Waals surface area contributed by atoms with Gasteiger partial charge in [-0.3, -0.25) is 0 Å². The molecule has 1 atom stereocenters. The summed E-state index contributed by atoms with van der Waals surface area (Å²) in [6.07, 6.45) is 0. The highest BCUT2D eigenvalue weighted by Crippen LogP contribution is 2.19. The van der Waals surface area contributed by atoms with Crippen LogP contribution in [0.3, 0.4) is 0 Å². The van der Waals surface area contributed by atoms with Crippen LogP contribution in [-0.4, -0.2) is 7.05 Å². The Kier molecular flexibility index (Phi) is 3.12. The Morgan fingerprint density at radius 2 is 1.92 bits per heavy atom. The van der Waals surface area contributed by atoms with E-state index in [1.54, 1.807) is 0 Å². The minimum Gasteiger partial charge on any atom is -0.301 e. The monoisotopic (exact) mass is 183 g/mol. The van der Waals surface area contributed by atoms with E-state index in [1.165, 1.54) is 11.1 Å². The lowest BCUT2D eigenvalue weighted by Crippen LogP contribution is -2.09. The van der Waals surface area contributed by atoms with E-state index in [2.05, 4.69) is 37.4 Å². The molecule has 1 aromatic rings. The SMILES string of the molecule is CNC(Cl)c1ccc(C)c(C)c1. The van der Waals surface area contributed by atoms with Crippen molar-refractivity contribution in [1.82, 2.24) is 5.32 Å². The molecule has 2 heteroatoms. The third-order valence-corrected chi connectivity index (χ3v) is 2.55. The van der Waals surface area contributed by atoms with Crippen LogP contribution in [0.1, 0.15) is 22.2 Å². The van der Waals surface area contributed by atoms with Crippen molar-refractivity contribution in [2.24, 2.45) is 0 Å². The molecule has 0 aliphatic heterocycles. The topological polar surface area (TPSA) is 12.0 Å². The molecule has 12 heavy (non-hydrogen) atoms. The molecule has 0 saturated heterocycles. The molecule has 0 aliphatic rings. The zero-order valence-corrected chi connectivity index (χ0v) is 8.44. The second-order valence-corrected chi connectivity index (χ2v) is 3.43. The zero-order chi connectivity index (χ0) is 9.14. The number of halogens is 1. The van der Waals surface area contributed by atoms with Crippen LogP contribution in [0.2, 0.25) is 0 Å².